The highest BCUT2D eigenvalue weighted by Gasteiger charge is 2.28. The summed E-state index contributed by atoms with van der Waals surface area (Å²) in [5.41, 5.74) is 1.84. The molecule has 0 aliphatic rings. The highest BCUT2D eigenvalue weighted by molar-refractivity contribution is 5.86. The molecule has 0 spiro atoms. The number of carbonyl (C=O) groups is 2. The topological polar surface area (TPSA) is 85.9 Å². The first-order valence-corrected chi connectivity index (χ1v) is 10.9. The van der Waals surface area contributed by atoms with Gasteiger partial charge in [0.05, 0.1) is 20.3 Å². The molecule has 0 fully saturated rings. The van der Waals surface area contributed by atoms with Crippen molar-refractivity contribution in [1.82, 2.24) is 10.6 Å². The Hall–Kier alpha value is -3.29. The van der Waals surface area contributed by atoms with Crippen molar-refractivity contribution in [2.75, 3.05) is 20.8 Å². The number of nitrogens with one attached hydrogen (secondary N) is 2. The standard InChI is InChI=1S/C25H33FN2O5/c1-16(2)33-25(30)28-23(24(29)27-13-12-18-6-9-20(26)10-7-18)17(3)14-19-8-11-21(31-4)22(15-19)32-5/h6-11,15-17,23H,12-14H2,1-5H3,(H,27,29)(H,28,30)/t17-,23+/m1/s1. The first-order valence-electron chi connectivity index (χ1n) is 10.9. The molecule has 7 nitrogen and oxygen atoms in total. The minimum Gasteiger partial charge on any atom is -0.493 e. The van der Waals surface area contributed by atoms with Crippen LogP contribution in [0.5, 0.6) is 11.5 Å². The summed E-state index contributed by atoms with van der Waals surface area (Å²) in [4.78, 5) is 25.2. The average molecular weight is 461 g/mol. The van der Waals surface area contributed by atoms with Crippen molar-refractivity contribution < 1.29 is 28.2 Å². The molecule has 2 atom stereocenters. The van der Waals surface area contributed by atoms with E-state index in [2.05, 4.69) is 10.6 Å². The zero-order chi connectivity index (χ0) is 24.4. The lowest BCUT2D eigenvalue weighted by molar-refractivity contribution is -0.124. The Morgan fingerprint density at radius 1 is 0.939 bits per heavy atom. The van der Waals surface area contributed by atoms with Gasteiger partial charge in [0, 0.05) is 6.54 Å². The van der Waals surface area contributed by atoms with Gasteiger partial charge in [0.2, 0.25) is 5.91 Å². The summed E-state index contributed by atoms with van der Waals surface area (Å²) in [5, 5.41) is 5.56. The highest BCUT2D eigenvalue weighted by atomic mass is 19.1. The number of hydrogen-bond donors (Lipinski definition) is 2. The molecule has 0 aliphatic carbocycles. The number of carbonyl (C=O) groups excluding carboxylic acids is 2. The Morgan fingerprint density at radius 2 is 1.58 bits per heavy atom. The van der Waals surface area contributed by atoms with Crippen molar-refractivity contribution in [3.05, 3.63) is 59.4 Å². The van der Waals surface area contributed by atoms with Crippen LogP contribution in [0.15, 0.2) is 42.5 Å². The third-order valence-electron chi connectivity index (χ3n) is 5.10. The SMILES string of the molecule is COc1ccc(C[C@@H](C)[C@H](NC(=O)OC(C)C)C(=O)NCCc2ccc(F)cc2)cc1OC. The molecule has 0 aliphatic heterocycles. The molecule has 2 aromatic carbocycles. The minimum atomic E-state index is -0.808. The van der Waals surface area contributed by atoms with E-state index >= 15 is 0 Å². The molecular weight excluding hydrogens is 427 g/mol. The second-order valence-corrected chi connectivity index (χ2v) is 8.11. The van der Waals surface area contributed by atoms with E-state index in [-0.39, 0.29) is 23.7 Å². The maximum absolute atomic E-state index is 13.1. The van der Waals surface area contributed by atoms with E-state index in [9.17, 15) is 14.0 Å². The van der Waals surface area contributed by atoms with Gasteiger partial charge in [-0.3, -0.25) is 4.79 Å². The van der Waals surface area contributed by atoms with Gasteiger partial charge in [0.15, 0.2) is 11.5 Å². The van der Waals surface area contributed by atoms with Crippen LogP contribution in [0.4, 0.5) is 9.18 Å². The van der Waals surface area contributed by atoms with Gasteiger partial charge < -0.3 is 24.8 Å². The van der Waals surface area contributed by atoms with Crippen LogP contribution >= 0.6 is 0 Å². The number of methoxy groups -OCH3 is 2. The average Bonchev–Trinajstić information content (AvgIpc) is 2.78. The minimum absolute atomic E-state index is 0.242. The molecule has 2 N–H and O–H groups in total. The fraction of sp³-hybridized carbons (Fsp3) is 0.440. The molecule has 2 rings (SSSR count). The van der Waals surface area contributed by atoms with Crippen molar-refractivity contribution in [2.45, 2.75) is 45.8 Å². The quantitative estimate of drug-likeness (QED) is 0.532. The molecule has 0 saturated carbocycles. The largest absolute Gasteiger partial charge is 0.493 e. The van der Waals surface area contributed by atoms with Gasteiger partial charge >= 0.3 is 6.09 Å². The molecule has 0 radical (unpaired) electrons. The normalized spacial score (nSPS) is 12.6. The van der Waals surface area contributed by atoms with Crippen LogP contribution in [0.2, 0.25) is 0 Å². The summed E-state index contributed by atoms with van der Waals surface area (Å²) in [6.07, 6.45) is 0.0913. The van der Waals surface area contributed by atoms with Gasteiger partial charge in [-0.25, -0.2) is 9.18 Å². The zero-order valence-corrected chi connectivity index (χ0v) is 19.8. The molecule has 180 valence electrons. The third kappa shape index (κ3) is 8.29. The van der Waals surface area contributed by atoms with E-state index in [1.165, 1.54) is 12.1 Å². The van der Waals surface area contributed by atoms with E-state index in [1.807, 2.05) is 19.1 Å². The van der Waals surface area contributed by atoms with Crippen LogP contribution in [0.25, 0.3) is 0 Å². The second-order valence-electron chi connectivity index (χ2n) is 8.11. The van der Waals surface area contributed by atoms with Gasteiger partial charge in [-0.2, -0.15) is 0 Å². The third-order valence-corrected chi connectivity index (χ3v) is 5.10. The molecule has 0 saturated heterocycles. The van der Waals surface area contributed by atoms with Gasteiger partial charge in [0.1, 0.15) is 11.9 Å². The van der Waals surface area contributed by atoms with Gasteiger partial charge in [0.25, 0.3) is 0 Å². The molecule has 8 heteroatoms. The van der Waals surface area contributed by atoms with E-state index < -0.39 is 12.1 Å². The number of amides is 2. The van der Waals surface area contributed by atoms with Crippen molar-refractivity contribution >= 4 is 12.0 Å². The van der Waals surface area contributed by atoms with Crippen LogP contribution in [0.3, 0.4) is 0 Å². The summed E-state index contributed by atoms with van der Waals surface area (Å²) in [6.45, 7) is 5.72. The van der Waals surface area contributed by atoms with Crippen LogP contribution in [0, 0.1) is 11.7 Å². The Balaban J connectivity index is 2.08. The summed E-state index contributed by atoms with van der Waals surface area (Å²) >= 11 is 0. The van der Waals surface area contributed by atoms with Crippen molar-refractivity contribution in [3.8, 4) is 11.5 Å². The predicted octanol–water partition coefficient (Wildman–Crippen LogP) is 3.88. The lowest BCUT2D eigenvalue weighted by Gasteiger charge is -2.25. The van der Waals surface area contributed by atoms with Gasteiger partial charge in [-0.05, 0) is 68.0 Å². The van der Waals surface area contributed by atoms with Gasteiger partial charge in [-0.15, -0.1) is 0 Å². The van der Waals surface area contributed by atoms with E-state index in [4.69, 9.17) is 14.2 Å². The Kier molecular flexibility index (Phi) is 9.97. The fourth-order valence-electron chi connectivity index (χ4n) is 3.43. The summed E-state index contributed by atoms with van der Waals surface area (Å²) in [6, 6.07) is 10.9. The molecule has 0 heterocycles. The zero-order valence-electron chi connectivity index (χ0n) is 19.8. The molecule has 0 unspecified atom stereocenters. The van der Waals surface area contributed by atoms with Crippen LogP contribution in [0.1, 0.15) is 31.9 Å². The first kappa shape index (κ1) is 26.0. The number of halogens is 1. The maximum Gasteiger partial charge on any atom is 0.408 e. The highest BCUT2D eigenvalue weighted by Crippen LogP contribution is 2.29. The van der Waals surface area contributed by atoms with Crippen molar-refractivity contribution in [2.24, 2.45) is 5.92 Å². The number of hydrogen-bond acceptors (Lipinski definition) is 5. The second kappa shape index (κ2) is 12.7. The number of rotatable bonds is 11. The summed E-state index contributed by atoms with van der Waals surface area (Å²) < 4.78 is 28.9. The maximum atomic E-state index is 13.1. The fourth-order valence-corrected chi connectivity index (χ4v) is 3.43. The van der Waals surface area contributed by atoms with Crippen molar-refractivity contribution in [3.63, 3.8) is 0 Å². The number of ether oxygens (including phenoxy) is 3. The molecule has 2 amide bonds. The van der Waals surface area contributed by atoms with Crippen LogP contribution < -0.4 is 20.1 Å². The monoisotopic (exact) mass is 460 g/mol. The number of benzene rings is 2. The van der Waals surface area contributed by atoms with Crippen LogP contribution in [-0.2, 0) is 22.4 Å². The molecule has 33 heavy (non-hydrogen) atoms. The Labute approximate surface area is 194 Å². The van der Waals surface area contributed by atoms with Gasteiger partial charge in [-0.1, -0.05) is 25.1 Å². The molecule has 0 aromatic heterocycles. The predicted molar refractivity (Wildman–Crippen MR) is 124 cm³/mol. The molecular formula is C25H33FN2O5. The summed E-state index contributed by atoms with van der Waals surface area (Å²) in [5.74, 6) is 0.344. The molecule has 2 aromatic rings. The van der Waals surface area contributed by atoms with E-state index in [0.717, 1.165) is 11.1 Å². The first-order chi connectivity index (χ1) is 15.7. The van der Waals surface area contributed by atoms with Crippen LogP contribution in [-0.4, -0.2) is 44.9 Å². The molecule has 0 bridgehead atoms. The van der Waals surface area contributed by atoms with E-state index in [1.54, 1.807) is 46.3 Å². The summed E-state index contributed by atoms with van der Waals surface area (Å²) in [7, 11) is 3.13. The smallest absolute Gasteiger partial charge is 0.408 e. The lowest BCUT2D eigenvalue weighted by atomic mass is 9.93. The lowest BCUT2D eigenvalue weighted by Crippen LogP contribution is -2.51. The van der Waals surface area contributed by atoms with E-state index in [0.29, 0.717) is 30.9 Å². The Morgan fingerprint density at radius 3 is 2.18 bits per heavy atom. The Bertz CT molecular complexity index is 918. The number of alkyl carbamates (subject to hydrolysis) is 1. The van der Waals surface area contributed by atoms with Crippen molar-refractivity contribution in [1.29, 1.82) is 0 Å².